The predicted molar refractivity (Wildman–Crippen MR) is 64.6 cm³/mol. The van der Waals surface area contributed by atoms with Gasteiger partial charge in [0.1, 0.15) is 6.33 Å². The summed E-state index contributed by atoms with van der Waals surface area (Å²) < 4.78 is 0. The van der Waals surface area contributed by atoms with Crippen molar-refractivity contribution in [2.45, 2.75) is 17.1 Å². The molecule has 0 aliphatic rings. The van der Waals surface area contributed by atoms with Crippen LogP contribution in [0, 0.1) is 17.0 Å². The summed E-state index contributed by atoms with van der Waals surface area (Å²) >= 11 is 6.63. The van der Waals surface area contributed by atoms with Gasteiger partial charge >= 0.3 is 5.69 Å². The molecule has 0 aromatic carbocycles. The van der Waals surface area contributed by atoms with Crippen LogP contribution in [0.5, 0.6) is 0 Å². The zero-order valence-corrected chi connectivity index (χ0v) is 10.6. The summed E-state index contributed by atoms with van der Waals surface area (Å²) in [6.45, 7) is 1.85. The maximum absolute atomic E-state index is 10.9. The van der Waals surface area contributed by atoms with Gasteiger partial charge in [0.15, 0.2) is 10.2 Å². The molecule has 2 heterocycles. The zero-order chi connectivity index (χ0) is 13.1. The Labute approximate surface area is 111 Å². The molecule has 0 spiro atoms. The normalized spacial score (nSPS) is 10.3. The number of hydrogen-bond donors (Lipinski definition) is 0. The van der Waals surface area contributed by atoms with Crippen LogP contribution in [0.3, 0.4) is 0 Å². The Bertz CT molecular complexity index is 592. The number of aromatic nitrogens is 4. The quantitative estimate of drug-likeness (QED) is 0.369. The predicted octanol–water partition coefficient (Wildman–Crippen LogP) is 2.29. The van der Waals surface area contributed by atoms with Crippen molar-refractivity contribution in [3.8, 4) is 0 Å². The third-order valence-corrected chi connectivity index (χ3v) is 3.03. The van der Waals surface area contributed by atoms with Gasteiger partial charge in [-0.05, 0) is 24.2 Å². The summed E-state index contributed by atoms with van der Waals surface area (Å²) in [5.41, 5.74) is 0.558. The first kappa shape index (κ1) is 12.7. The van der Waals surface area contributed by atoms with Crippen molar-refractivity contribution in [1.29, 1.82) is 0 Å². The first-order chi connectivity index (χ1) is 8.58. The highest BCUT2D eigenvalue weighted by Crippen LogP contribution is 2.34. The Morgan fingerprint density at radius 3 is 2.56 bits per heavy atom. The van der Waals surface area contributed by atoms with Gasteiger partial charge in [-0.25, -0.2) is 19.9 Å². The van der Waals surface area contributed by atoms with Gasteiger partial charge in [-0.2, -0.15) is 0 Å². The Kier molecular flexibility index (Phi) is 3.68. The highest BCUT2D eigenvalue weighted by Gasteiger charge is 2.22. The molecule has 0 saturated carbocycles. The number of hydrogen-bond acceptors (Lipinski definition) is 7. The lowest BCUT2D eigenvalue weighted by atomic mass is 10.4. The van der Waals surface area contributed by atoms with Crippen molar-refractivity contribution < 1.29 is 4.92 Å². The molecule has 2 aromatic rings. The van der Waals surface area contributed by atoms with Gasteiger partial charge < -0.3 is 0 Å². The molecule has 0 atom stereocenters. The fourth-order valence-corrected chi connectivity index (χ4v) is 2.10. The molecule has 2 rings (SSSR count). The van der Waals surface area contributed by atoms with Crippen molar-refractivity contribution in [2.24, 2.45) is 0 Å². The summed E-state index contributed by atoms with van der Waals surface area (Å²) in [6.07, 6.45) is 4.39. The molecule has 18 heavy (non-hydrogen) atoms. The zero-order valence-electron chi connectivity index (χ0n) is 9.07. The SMILES string of the molecule is Cc1cnc(Sc2ncnc(Cl)c2[N+](=O)[O-])nc1. The smallest absolute Gasteiger partial charge is 0.258 e. The van der Waals surface area contributed by atoms with Crippen LogP contribution >= 0.6 is 23.4 Å². The monoisotopic (exact) mass is 283 g/mol. The van der Waals surface area contributed by atoms with Crippen LogP contribution in [-0.2, 0) is 0 Å². The summed E-state index contributed by atoms with van der Waals surface area (Å²) in [4.78, 5) is 25.7. The fourth-order valence-electron chi connectivity index (χ4n) is 1.09. The number of aryl methyl sites for hydroxylation is 1. The molecule has 0 N–H and O–H groups in total. The molecule has 0 amide bonds. The minimum absolute atomic E-state index is 0.115. The molecule has 0 unspecified atom stereocenters. The van der Waals surface area contributed by atoms with Gasteiger partial charge in [-0.3, -0.25) is 10.1 Å². The van der Waals surface area contributed by atoms with E-state index in [1.165, 1.54) is 0 Å². The topological polar surface area (TPSA) is 94.7 Å². The van der Waals surface area contributed by atoms with Crippen LogP contribution in [0.2, 0.25) is 5.15 Å². The molecular weight excluding hydrogens is 278 g/mol. The lowest BCUT2D eigenvalue weighted by Crippen LogP contribution is -1.97. The second kappa shape index (κ2) is 5.23. The largest absolute Gasteiger partial charge is 0.338 e. The Morgan fingerprint density at radius 1 is 1.28 bits per heavy atom. The van der Waals surface area contributed by atoms with Crippen LogP contribution in [0.1, 0.15) is 5.56 Å². The molecule has 92 valence electrons. The van der Waals surface area contributed by atoms with Crippen molar-refractivity contribution in [1.82, 2.24) is 19.9 Å². The molecule has 2 aromatic heterocycles. The Hall–Kier alpha value is -1.80. The van der Waals surface area contributed by atoms with E-state index in [-0.39, 0.29) is 15.9 Å². The standard InChI is InChI=1S/C9H6ClN5O2S/c1-5-2-11-9(12-3-5)18-8-6(15(16)17)7(10)13-4-14-8/h2-4H,1H3. The highest BCUT2D eigenvalue weighted by atomic mass is 35.5. The van der Waals surface area contributed by atoms with Gasteiger partial charge in [-0.15, -0.1) is 0 Å². The second-order valence-electron chi connectivity index (χ2n) is 3.22. The lowest BCUT2D eigenvalue weighted by Gasteiger charge is -2.01. The van der Waals surface area contributed by atoms with Crippen molar-refractivity contribution in [3.63, 3.8) is 0 Å². The molecule has 0 aliphatic carbocycles. The fraction of sp³-hybridized carbons (Fsp3) is 0.111. The van der Waals surface area contributed by atoms with Crippen molar-refractivity contribution >= 4 is 29.1 Å². The van der Waals surface area contributed by atoms with Crippen molar-refractivity contribution in [2.75, 3.05) is 0 Å². The van der Waals surface area contributed by atoms with E-state index in [1.54, 1.807) is 12.4 Å². The lowest BCUT2D eigenvalue weighted by molar-refractivity contribution is -0.388. The van der Waals surface area contributed by atoms with Crippen LogP contribution in [0.15, 0.2) is 28.9 Å². The van der Waals surface area contributed by atoms with Crippen LogP contribution < -0.4 is 0 Å². The number of halogens is 1. The molecular formula is C9H6ClN5O2S. The molecule has 0 bridgehead atoms. The number of rotatable bonds is 3. The van der Waals surface area contributed by atoms with E-state index >= 15 is 0 Å². The first-order valence-electron chi connectivity index (χ1n) is 4.69. The summed E-state index contributed by atoms with van der Waals surface area (Å²) in [5, 5.41) is 11.1. The van der Waals surface area contributed by atoms with Gasteiger partial charge in [0.25, 0.3) is 0 Å². The van der Waals surface area contributed by atoms with E-state index in [4.69, 9.17) is 11.6 Å². The van der Waals surface area contributed by atoms with E-state index in [9.17, 15) is 10.1 Å². The van der Waals surface area contributed by atoms with Crippen LogP contribution in [0.25, 0.3) is 0 Å². The third kappa shape index (κ3) is 2.71. The van der Waals surface area contributed by atoms with Gasteiger partial charge in [0.2, 0.25) is 5.15 Å². The van der Waals surface area contributed by atoms with Crippen LogP contribution in [-0.4, -0.2) is 24.9 Å². The summed E-state index contributed by atoms with van der Waals surface area (Å²) in [6, 6.07) is 0. The molecule has 0 saturated heterocycles. The molecule has 0 fully saturated rings. The summed E-state index contributed by atoms with van der Waals surface area (Å²) in [5.74, 6) is 0. The van der Waals surface area contributed by atoms with E-state index in [1.807, 2.05) is 6.92 Å². The number of nitro groups is 1. The summed E-state index contributed by atoms with van der Waals surface area (Å²) in [7, 11) is 0. The highest BCUT2D eigenvalue weighted by molar-refractivity contribution is 7.99. The van der Waals surface area contributed by atoms with Gasteiger partial charge in [0, 0.05) is 12.4 Å². The van der Waals surface area contributed by atoms with E-state index in [0.717, 1.165) is 23.7 Å². The maximum Gasteiger partial charge on any atom is 0.338 e. The Morgan fingerprint density at radius 2 is 1.94 bits per heavy atom. The molecule has 9 heteroatoms. The van der Waals surface area contributed by atoms with Gasteiger partial charge in [-0.1, -0.05) is 11.6 Å². The average Bonchev–Trinajstić information content (AvgIpc) is 2.32. The molecule has 7 nitrogen and oxygen atoms in total. The van der Waals surface area contributed by atoms with E-state index in [2.05, 4.69) is 19.9 Å². The minimum atomic E-state index is -0.626. The molecule has 0 radical (unpaired) electrons. The first-order valence-corrected chi connectivity index (χ1v) is 5.89. The van der Waals surface area contributed by atoms with E-state index in [0.29, 0.717) is 5.16 Å². The average molecular weight is 284 g/mol. The van der Waals surface area contributed by atoms with E-state index < -0.39 is 4.92 Å². The third-order valence-electron chi connectivity index (χ3n) is 1.87. The molecule has 0 aliphatic heterocycles. The van der Waals surface area contributed by atoms with Crippen LogP contribution in [0.4, 0.5) is 5.69 Å². The minimum Gasteiger partial charge on any atom is -0.258 e. The Balaban J connectivity index is 2.37. The number of nitrogens with zero attached hydrogens (tertiary/aromatic N) is 5. The van der Waals surface area contributed by atoms with Gasteiger partial charge in [0.05, 0.1) is 4.92 Å². The second-order valence-corrected chi connectivity index (χ2v) is 4.53. The maximum atomic E-state index is 10.9. The van der Waals surface area contributed by atoms with Crippen molar-refractivity contribution in [3.05, 3.63) is 39.6 Å².